The number of benzene rings is 1. The highest BCUT2D eigenvalue weighted by molar-refractivity contribution is 7.89. The van der Waals surface area contributed by atoms with Crippen molar-refractivity contribution in [3.8, 4) is 0 Å². The fraction of sp³-hybridized carbons (Fsp3) is 0.385. The molecule has 0 aromatic heterocycles. The summed E-state index contributed by atoms with van der Waals surface area (Å²) in [6, 6.07) is 6.74. The third-order valence-corrected chi connectivity index (χ3v) is 4.02. The summed E-state index contributed by atoms with van der Waals surface area (Å²) in [7, 11) is -3.39. The average Bonchev–Trinajstić information content (AvgIpc) is 2.26. The zero-order chi connectivity index (χ0) is 12.9. The summed E-state index contributed by atoms with van der Waals surface area (Å²) in [6.45, 7) is 5.70. The maximum absolute atomic E-state index is 12.0. The third kappa shape index (κ3) is 4.32. The van der Waals surface area contributed by atoms with Crippen LogP contribution in [-0.2, 0) is 10.0 Å². The van der Waals surface area contributed by atoms with E-state index in [1.54, 1.807) is 24.3 Å². The lowest BCUT2D eigenvalue weighted by atomic mass is 10.2. The summed E-state index contributed by atoms with van der Waals surface area (Å²) in [5.74, 6) is 0. The van der Waals surface area contributed by atoms with Gasteiger partial charge >= 0.3 is 0 Å². The first-order chi connectivity index (χ1) is 7.95. The van der Waals surface area contributed by atoms with Crippen LogP contribution >= 0.6 is 0 Å². The lowest BCUT2D eigenvalue weighted by Crippen LogP contribution is -2.32. The second-order valence-corrected chi connectivity index (χ2v) is 5.85. The molecule has 0 spiro atoms. The van der Waals surface area contributed by atoms with Crippen LogP contribution in [0.3, 0.4) is 0 Å². The molecule has 0 aliphatic heterocycles. The molecule has 1 N–H and O–H groups in total. The molecule has 0 fully saturated rings. The van der Waals surface area contributed by atoms with E-state index in [1.807, 2.05) is 32.9 Å². The van der Waals surface area contributed by atoms with Crippen LogP contribution in [0.5, 0.6) is 0 Å². The summed E-state index contributed by atoms with van der Waals surface area (Å²) >= 11 is 0. The number of hydrogen-bond acceptors (Lipinski definition) is 2. The molecule has 0 radical (unpaired) electrons. The van der Waals surface area contributed by atoms with E-state index in [2.05, 4.69) is 4.72 Å². The fourth-order valence-corrected chi connectivity index (χ4v) is 2.70. The molecule has 4 heteroatoms. The Morgan fingerprint density at radius 3 is 2.41 bits per heavy atom. The van der Waals surface area contributed by atoms with Gasteiger partial charge in [0.25, 0.3) is 0 Å². The van der Waals surface area contributed by atoms with E-state index in [1.165, 1.54) is 0 Å². The molecule has 0 aliphatic rings. The van der Waals surface area contributed by atoms with Crippen LogP contribution in [0.4, 0.5) is 0 Å². The molecule has 3 nitrogen and oxygen atoms in total. The lowest BCUT2D eigenvalue weighted by molar-refractivity contribution is 0.562. The van der Waals surface area contributed by atoms with Crippen molar-refractivity contribution < 1.29 is 8.42 Å². The Bertz CT molecular complexity index is 475. The van der Waals surface area contributed by atoms with Crippen molar-refractivity contribution in [2.75, 3.05) is 0 Å². The van der Waals surface area contributed by atoms with Crippen LogP contribution in [0.2, 0.25) is 0 Å². The van der Waals surface area contributed by atoms with Gasteiger partial charge in [0.05, 0.1) is 4.90 Å². The van der Waals surface area contributed by atoms with Crippen LogP contribution < -0.4 is 4.72 Å². The highest BCUT2D eigenvalue weighted by Gasteiger charge is 2.15. The molecule has 0 bridgehead atoms. The second kappa shape index (κ2) is 5.98. The Kier molecular flexibility index (Phi) is 4.90. The van der Waals surface area contributed by atoms with Gasteiger partial charge in [0.15, 0.2) is 0 Å². The van der Waals surface area contributed by atoms with Crippen molar-refractivity contribution in [3.05, 3.63) is 42.0 Å². The first-order valence-corrected chi connectivity index (χ1v) is 7.14. The first-order valence-electron chi connectivity index (χ1n) is 5.66. The highest BCUT2D eigenvalue weighted by Crippen LogP contribution is 2.11. The minimum atomic E-state index is -3.39. The molecule has 0 aliphatic carbocycles. The molecule has 1 aromatic rings. The predicted molar refractivity (Wildman–Crippen MR) is 70.4 cm³/mol. The van der Waals surface area contributed by atoms with Gasteiger partial charge in [0.1, 0.15) is 0 Å². The maximum Gasteiger partial charge on any atom is 0.240 e. The van der Waals surface area contributed by atoms with E-state index >= 15 is 0 Å². The Labute approximate surface area is 104 Å². The zero-order valence-corrected chi connectivity index (χ0v) is 11.3. The average molecular weight is 253 g/mol. The van der Waals surface area contributed by atoms with Crippen LogP contribution in [0, 0.1) is 6.92 Å². The van der Waals surface area contributed by atoms with Crippen molar-refractivity contribution in [2.45, 2.75) is 38.1 Å². The zero-order valence-electron chi connectivity index (χ0n) is 10.5. The molecule has 1 rings (SSSR count). The molecule has 1 unspecified atom stereocenters. The summed E-state index contributed by atoms with van der Waals surface area (Å²) in [5.41, 5.74) is 1.05. The van der Waals surface area contributed by atoms with Gasteiger partial charge in [-0.15, -0.1) is 0 Å². The number of aryl methyl sites for hydroxylation is 1. The molecule has 0 saturated heterocycles. The summed E-state index contributed by atoms with van der Waals surface area (Å²) in [6.07, 6.45) is 4.56. The topological polar surface area (TPSA) is 46.2 Å². The van der Waals surface area contributed by atoms with Gasteiger partial charge in [-0.25, -0.2) is 13.1 Å². The van der Waals surface area contributed by atoms with Crippen LogP contribution in [0.25, 0.3) is 0 Å². The van der Waals surface area contributed by atoms with E-state index in [4.69, 9.17) is 0 Å². The Hall–Kier alpha value is -1.13. The molecule has 1 atom stereocenters. The van der Waals surface area contributed by atoms with Crippen molar-refractivity contribution >= 4 is 10.0 Å². The van der Waals surface area contributed by atoms with Crippen LogP contribution in [0.1, 0.15) is 25.8 Å². The molecule has 1 aromatic carbocycles. The highest BCUT2D eigenvalue weighted by atomic mass is 32.2. The molecular weight excluding hydrogens is 234 g/mol. The van der Waals surface area contributed by atoms with Gasteiger partial charge in [-0.05, 0) is 39.3 Å². The smallest absolute Gasteiger partial charge is 0.208 e. The van der Waals surface area contributed by atoms with E-state index in [0.29, 0.717) is 11.3 Å². The summed E-state index contributed by atoms with van der Waals surface area (Å²) in [4.78, 5) is 0.315. The van der Waals surface area contributed by atoms with Gasteiger partial charge in [-0.2, -0.15) is 0 Å². The molecule has 17 heavy (non-hydrogen) atoms. The molecule has 0 saturated carbocycles. The van der Waals surface area contributed by atoms with Crippen molar-refractivity contribution in [3.63, 3.8) is 0 Å². The molecule has 94 valence electrons. The summed E-state index contributed by atoms with van der Waals surface area (Å²) in [5, 5.41) is 0. The maximum atomic E-state index is 12.0. The first kappa shape index (κ1) is 13.9. The van der Waals surface area contributed by atoms with E-state index in [9.17, 15) is 8.42 Å². The quantitative estimate of drug-likeness (QED) is 0.820. The molecule has 0 heterocycles. The number of hydrogen-bond donors (Lipinski definition) is 1. The molecular formula is C13H19NO2S. The minimum absolute atomic E-state index is 0.0995. The van der Waals surface area contributed by atoms with Crippen molar-refractivity contribution in [1.82, 2.24) is 4.72 Å². The van der Waals surface area contributed by atoms with Gasteiger partial charge in [0, 0.05) is 6.04 Å². The van der Waals surface area contributed by atoms with Crippen LogP contribution in [-0.4, -0.2) is 14.5 Å². The fourth-order valence-electron chi connectivity index (χ4n) is 1.44. The largest absolute Gasteiger partial charge is 0.240 e. The lowest BCUT2D eigenvalue weighted by Gasteiger charge is -2.12. The Morgan fingerprint density at radius 1 is 1.29 bits per heavy atom. The Morgan fingerprint density at radius 2 is 1.88 bits per heavy atom. The van der Waals surface area contributed by atoms with Crippen molar-refractivity contribution in [2.24, 2.45) is 0 Å². The minimum Gasteiger partial charge on any atom is -0.208 e. The number of rotatable bonds is 5. The third-order valence-electron chi connectivity index (χ3n) is 2.41. The second-order valence-electron chi connectivity index (χ2n) is 4.14. The van der Waals surface area contributed by atoms with Gasteiger partial charge in [-0.3, -0.25) is 0 Å². The molecule has 0 amide bonds. The van der Waals surface area contributed by atoms with E-state index in [0.717, 1.165) is 5.56 Å². The van der Waals surface area contributed by atoms with Crippen molar-refractivity contribution in [1.29, 1.82) is 0 Å². The van der Waals surface area contributed by atoms with E-state index in [-0.39, 0.29) is 6.04 Å². The van der Waals surface area contributed by atoms with Crippen LogP contribution in [0.15, 0.2) is 41.3 Å². The monoisotopic (exact) mass is 253 g/mol. The predicted octanol–water partition coefficient (Wildman–Crippen LogP) is 2.63. The van der Waals surface area contributed by atoms with Gasteiger partial charge in [-0.1, -0.05) is 29.8 Å². The number of nitrogens with one attached hydrogen (secondary N) is 1. The summed E-state index contributed by atoms with van der Waals surface area (Å²) < 4.78 is 26.6. The number of sulfonamides is 1. The Balaban J connectivity index is 2.78. The van der Waals surface area contributed by atoms with Gasteiger partial charge in [0.2, 0.25) is 10.0 Å². The normalized spacial score (nSPS) is 14.1. The number of allylic oxidation sites excluding steroid dienone is 1. The standard InChI is InChI=1S/C13H19NO2S/c1-4-5-6-12(3)14-17(15,16)13-9-7-11(2)8-10-13/h4-5,7-10,12,14H,6H2,1-3H3/b5-4+. The van der Waals surface area contributed by atoms with E-state index < -0.39 is 10.0 Å². The SMILES string of the molecule is C/C=C/CC(C)NS(=O)(=O)c1ccc(C)cc1. The van der Waals surface area contributed by atoms with Gasteiger partial charge < -0.3 is 0 Å².